The Morgan fingerprint density at radius 2 is 2.20 bits per heavy atom. The van der Waals surface area contributed by atoms with E-state index in [0.29, 0.717) is 6.61 Å². The van der Waals surface area contributed by atoms with Crippen LogP contribution in [0.25, 0.3) is 0 Å². The number of hydrogen-bond donors (Lipinski definition) is 1. The molecule has 2 rings (SSSR count). The highest BCUT2D eigenvalue weighted by atomic mass is 16.5. The summed E-state index contributed by atoms with van der Waals surface area (Å²) in [5.41, 5.74) is 2.30. The highest BCUT2D eigenvalue weighted by molar-refractivity contribution is 5.35. The first-order valence-corrected chi connectivity index (χ1v) is 7.65. The van der Waals surface area contributed by atoms with Gasteiger partial charge in [-0.15, -0.1) is 0 Å². The normalized spacial score (nSPS) is 21.7. The molecule has 1 aromatic rings. The zero-order valence-corrected chi connectivity index (χ0v) is 12.9. The summed E-state index contributed by atoms with van der Waals surface area (Å²) in [7, 11) is 0. The molecule has 3 heteroatoms. The maximum atomic E-state index is 10.1. The van der Waals surface area contributed by atoms with Crippen molar-refractivity contribution in [2.75, 3.05) is 26.2 Å². The highest BCUT2D eigenvalue weighted by Crippen LogP contribution is 2.20. The van der Waals surface area contributed by atoms with Crippen LogP contribution in [0, 0.1) is 19.8 Å². The van der Waals surface area contributed by atoms with Crippen molar-refractivity contribution in [1.82, 2.24) is 4.90 Å². The number of ether oxygens (including phenoxy) is 1. The molecule has 0 aromatic heterocycles. The Labute approximate surface area is 122 Å². The number of piperidine rings is 1. The van der Waals surface area contributed by atoms with Gasteiger partial charge in [0.25, 0.3) is 0 Å². The fourth-order valence-corrected chi connectivity index (χ4v) is 2.85. The second kappa shape index (κ2) is 7.09. The van der Waals surface area contributed by atoms with Crippen molar-refractivity contribution >= 4 is 0 Å². The number of aliphatic hydroxyl groups excluding tert-OH is 1. The number of aliphatic hydroxyl groups is 1. The predicted molar refractivity (Wildman–Crippen MR) is 82.3 cm³/mol. The van der Waals surface area contributed by atoms with E-state index in [4.69, 9.17) is 4.74 Å². The minimum absolute atomic E-state index is 0.370. The number of benzene rings is 1. The van der Waals surface area contributed by atoms with E-state index in [9.17, 15) is 5.11 Å². The topological polar surface area (TPSA) is 32.7 Å². The van der Waals surface area contributed by atoms with E-state index < -0.39 is 6.10 Å². The Hall–Kier alpha value is -1.06. The SMILES string of the molecule is Cc1ccc(C)c(OCC(O)CN2CCCC(C)C2)c1. The third-order valence-electron chi connectivity index (χ3n) is 3.98. The Balaban J connectivity index is 1.79. The van der Waals surface area contributed by atoms with Gasteiger partial charge in [0, 0.05) is 13.1 Å². The van der Waals surface area contributed by atoms with Gasteiger partial charge in [-0.05, 0) is 56.3 Å². The fraction of sp³-hybridized carbons (Fsp3) is 0.647. The van der Waals surface area contributed by atoms with Crippen LogP contribution in [0.5, 0.6) is 5.75 Å². The second-order valence-electron chi connectivity index (χ2n) is 6.24. The van der Waals surface area contributed by atoms with Crippen LogP contribution in [0.3, 0.4) is 0 Å². The van der Waals surface area contributed by atoms with Crippen LogP contribution in [-0.4, -0.2) is 42.4 Å². The maximum Gasteiger partial charge on any atom is 0.122 e. The van der Waals surface area contributed by atoms with Crippen molar-refractivity contribution in [3.05, 3.63) is 29.3 Å². The summed E-state index contributed by atoms with van der Waals surface area (Å²) in [6, 6.07) is 6.17. The summed E-state index contributed by atoms with van der Waals surface area (Å²) in [4.78, 5) is 2.35. The molecule has 0 saturated carbocycles. The smallest absolute Gasteiger partial charge is 0.122 e. The molecule has 0 bridgehead atoms. The van der Waals surface area contributed by atoms with Gasteiger partial charge in [-0.1, -0.05) is 19.1 Å². The van der Waals surface area contributed by atoms with Crippen LogP contribution in [0.2, 0.25) is 0 Å². The van der Waals surface area contributed by atoms with E-state index in [1.165, 1.54) is 18.4 Å². The molecular formula is C17H27NO2. The molecule has 3 nitrogen and oxygen atoms in total. The summed E-state index contributed by atoms with van der Waals surface area (Å²) in [6.45, 7) is 9.66. The molecule has 0 amide bonds. The van der Waals surface area contributed by atoms with Crippen molar-refractivity contribution in [2.45, 2.75) is 39.7 Å². The predicted octanol–water partition coefficient (Wildman–Crippen LogP) is 2.78. The molecule has 2 atom stereocenters. The monoisotopic (exact) mass is 277 g/mol. The molecule has 0 spiro atoms. The molecule has 1 aliphatic heterocycles. The Bertz CT molecular complexity index is 433. The maximum absolute atomic E-state index is 10.1. The Morgan fingerprint density at radius 3 is 2.95 bits per heavy atom. The lowest BCUT2D eigenvalue weighted by molar-refractivity contribution is 0.0535. The highest BCUT2D eigenvalue weighted by Gasteiger charge is 2.19. The van der Waals surface area contributed by atoms with Crippen molar-refractivity contribution in [3.8, 4) is 5.75 Å². The van der Waals surface area contributed by atoms with E-state index in [1.807, 2.05) is 13.0 Å². The fourth-order valence-electron chi connectivity index (χ4n) is 2.85. The average Bonchev–Trinajstić information content (AvgIpc) is 2.40. The van der Waals surface area contributed by atoms with Crippen LogP contribution in [0.1, 0.15) is 30.9 Å². The van der Waals surface area contributed by atoms with Gasteiger partial charge < -0.3 is 14.7 Å². The number of nitrogens with zero attached hydrogens (tertiary/aromatic N) is 1. The molecule has 0 radical (unpaired) electrons. The first-order chi connectivity index (χ1) is 9.54. The number of aryl methyl sites for hydroxylation is 2. The molecule has 1 fully saturated rings. The quantitative estimate of drug-likeness (QED) is 0.898. The Kier molecular flexibility index (Phi) is 5.44. The average molecular weight is 277 g/mol. The summed E-state index contributed by atoms with van der Waals surface area (Å²) < 4.78 is 5.77. The Morgan fingerprint density at radius 1 is 1.40 bits per heavy atom. The summed E-state index contributed by atoms with van der Waals surface area (Å²) in [5.74, 6) is 1.63. The van der Waals surface area contributed by atoms with E-state index in [2.05, 4.69) is 30.9 Å². The van der Waals surface area contributed by atoms with Gasteiger partial charge in [-0.2, -0.15) is 0 Å². The van der Waals surface area contributed by atoms with Crippen LogP contribution in [0.4, 0.5) is 0 Å². The van der Waals surface area contributed by atoms with Crippen LogP contribution in [-0.2, 0) is 0 Å². The molecule has 20 heavy (non-hydrogen) atoms. The molecule has 1 aromatic carbocycles. The van der Waals surface area contributed by atoms with Gasteiger partial charge in [0.1, 0.15) is 18.5 Å². The lowest BCUT2D eigenvalue weighted by Crippen LogP contribution is -2.41. The van der Waals surface area contributed by atoms with E-state index in [0.717, 1.165) is 36.9 Å². The van der Waals surface area contributed by atoms with Crippen LogP contribution in [0.15, 0.2) is 18.2 Å². The molecule has 1 saturated heterocycles. The van der Waals surface area contributed by atoms with Crippen LogP contribution >= 0.6 is 0 Å². The van der Waals surface area contributed by atoms with Gasteiger partial charge in [0.2, 0.25) is 0 Å². The van der Waals surface area contributed by atoms with Gasteiger partial charge >= 0.3 is 0 Å². The largest absolute Gasteiger partial charge is 0.491 e. The lowest BCUT2D eigenvalue weighted by Gasteiger charge is -2.32. The summed E-state index contributed by atoms with van der Waals surface area (Å²) >= 11 is 0. The lowest BCUT2D eigenvalue weighted by atomic mass is 10.0. The van der Waals surface area contributed by atoms with E-state index >= 15 is 0 Å². The molecule has 1 aliphatic rings. The van der Waals surface area contributed by atoms with Gasteiger partial charge in [-0.25, -0.2) is 0 Å². The van der Waals surface area contributed by atoms with Crippen LogP contribution < -0.4 is 4.74 Å². The molecule has 2 unspecified atom stereocenters. The number of β-amino-alcohol motifs (C(OH)–C–C–N with tert-alkyl or cyclic N) is 1. The van der Waals surface area contributed by atoms with Gasteiger partial charge in [0.05, 0.1) is 0 Å². The standard InChI is InChI=1S/C17H27NO2/c1-13-6-7-15(3)17(9-13)20-12-16(19)11-18-8-4-5-14(2)10-18/h6-7,9,14,16,19H,4-5,8,10-12H2,1-3H3. The first-order valence-electron chi connectivity index (χ1n) is 7.65. The second-order valence-corrected chi connectivity index (χ2v) is 6.24. The molecule has 0 aliphatic carbocycles. The summed E-state index contributed by atoms with van der Waals surface area (Å²) in [6.07, 6.45) is 2.14. The summed E-state index contributed by atoms with van der Waals surface area (Å²) in [5, 5.41) is 10.1. The van der Waals surface area contributed by atoms with Crippen molar-refractivity contribution in [1.29, 1.82) is 0 Å². The zero-order chi connectivity index (χ0) is 14.5. The first kappa shape index (κ1) is 15.3. The molecule has 112 valence electrons. The van der Waals surface area contributed by atoms with E-state index in [-0.39, 0.29) is 0 Å². The molecule has 1 N–H and O–H groups in total. The molecule has 1 heterocycles. The van der Waals surface area contributed by atoms with E-state index in [1.54, 1.807) is 0 Å². The van der Waals surface area contributed by atoms with Crippen molar-refractivity contribution in [3.63, 3.8) is 0 Å². The van der Waals surface area contributed by atoms with Gasteiger partial charge in [-0.3, -0.25) is 0 Å². The number of likely N-dealkylation sites (tertiary alicyclic amines) is 1. The number of hydrogen-bond acceptors (Lipinski definition) is 3. The zero-order valence-electron chi connectivity index (χ0n) is 12.9. The minimum atomic E-state index is -0.416. The minimum Gasteiger partial charge on any atom is -0.491 e. The van der Waals surface area contributed by atoms with Crippen molar-refractivity contribution < 1.29 is 9.84 Å². The third-order valence-corrected chi connectivity index (χ3v) is 3.98. The van der Waals surface area contributed by atoms with Gasteiger partial charge in [0.15, 0.2) is 0 Å². The molecular weight excluding hydrogens is 250 g/mol. The third kappa shape index (κ3) is 4.50. The number of rotatable bonds is 5. The van der Waals surface area contributed by atoms with Crippen molar-refractivity contribution in [2.24, 2.45) is 5.92 Å².